The van der Waals surface area contributed by atoms with Gasteiger partial charge in [-0.15, -0.1) is 16.9 Å². The number of aliphatic carboxylic acids is 1. The Hall–Kier alpha value is -1.92. The summed E-state index contributed by atoms with van der Waals surface area (Å²) in [6.45, 7) is 4.50. The number of carbonyl (C=O) groups is 3. The highest BCUT2D eigenvalue weighted by atomic mass is 79.9. The van der Waals surface area contributed by atoms with Gasteiger partial charge in [0.25, 0.3) is 11.8 Å². The number of β-lactam (4-membered cyclic amide) rings is 1. The van der Waals surface area contributed by atoms with Gasteiger partial charge < -0.3 is 15.3 Å². The maximum Gasteiger partial charge on any atom is 0.326 e. The summed E-state index contributed by atoms with van der Waals surface area (Å²) in [7, 11) is 0. The van der Waals surface area contributed by atoms with Gasteiger partial charge in [0.1, 0.15) is 11.4 Å². The number of carbonyl (C=O) groups excluding carboxylic acids is 2. The second-order valence-electron chi connectivity index (χ2n) is 8.30. The lowest BCUT2D eigenvalue weighted by Crippen LogP contribution is -2.67. The Kier molecular flexibility index (Phi) is 6.14. The van der Waals surface area contributed by atoms with Crippen LogP contribution >= 0.6 is 43.6 Å². The number of halogens is 2. The van der Waals surface area contributed by atoms with E-state index in [1.807, 2.05) is 23.1 Å². The summed E-state index contributed by atoms with van der Waals surface area (Å²) in [6, 6.07) is 7.84. The number of fused-ring (bicyclic) bond motifs is 1. The number of alkyl halides is 2. The van der Waals surface area contributed by atoms with Crippen molar-refractivity contribution >= 4 is 61.4 Å². The molecule has 0 radical (unpaired) electrons. The molecule has 12 heteroatoms. The molecule has 2 amide bonds. The third kappa shape index (κ3) is 4.19. The van der Waals surface area contributed by atoms with Crippen LogP contribution in [-0.2, 0) is 22.6 Å². The van der Waals surface area contributed by atoms with Gasteiger partial charge in [-0.2, -0.15) is 0 Å². The molecular weight excluding hydrogens is 566 g/mol. The summed E-state index contributed by atoms with van der Waals surface area (Å²) in [5, 5.41) is 19.9. The highest BCUT2D eigenvalue weighted by Crippen LogP contribution is 2.60. The number of benzene rings is 1. The van der Waals surface area contributed by atoms with Gasteiger partial charge in [0.05, 0.1) is 18.8 Å². The number of amides is 2. The SMILES string of the molecule is CC1(C)S[C@H]2N(C(=O)C2(Br)Br)[C@H]1Cn1cc(C(=O)N[C@@H](Cc2ccccc2)C(=O)O)nn1. The Morgan fingerprint density at radius 3 is 2.62 bits per heavy atom. The van der Waals surface area contributed by atoms with E-state index in [0.29, 0.717) is 6.54 Å². The number of nitrogens with one attached hydrogen (secondary N) is 1. The van der Waals surface area contributed by atoms with E-state index >= 15 is 0 Å². The molecule has 9 nitrogen and oxygen atoms in total. The van der Waals surface area contributed by atoms with Crippen molar-refractivity contribution in [3.8, 4) is 0 Å². The average molecular weight is 587 g/mol. The number of thioether (sulfide) groups is 1. The van der Waals surface area contributed by atoms with Crippen molar-refractivity contribution in [3.63, 3.8) is 0 Å². The third-order valence-electron chi connectivity index (χ3n) is 5.65. The molecule has 0 aliphatic carbocycles. The van der Waals surface area contributed by atoms with E-state index in [-0.39, 0.29) is 34.2 Å². The van der Waals surface area contributed by atoms with Crippen LogP contribution in [0.1, 0.15) is 29.9 Å². The average Bonchev–Trinajstić information content (AvgIpc) is 3.30. The molecule has 3 atom stereocenters. The van der Waals surface area contributed by atoms with Gasteiger partial charge in [-0.1, -0.05) is 67.4 Å². The summed E-state index contributed by atoms with van der Waals surface area (Å²) in [6.07, 6.45) is 1.63. The summed E-state index contributed by atoms with van der Waals surface area (Å²) < 4.78 is 0.532. The van der Waals surface area contributed by atoms with Crippen LogP contribution < -0.4 is 5.32 Å². The third-order valence-corrected chi connectivity index (χ3v) is 9.49. The normalized spacial score (nSPS) is 23.9. The van der Waals surface area contributed by atoms with E-state index < -0.39 is 21.2 Å². The molecule has 0 unspecified atom stereocenters. The van der Waals surface area contributed by atoms with Crippen LogP contribution in [0, 0.1) is 0 Å². The van der Waals surface area contributed by atoms with Crippen LogP contribution in [0.3, 0.4) is 0 Å². The molecule has 0 bridgehead atoms. The number of carboxylic acids is 1. The minimum absolute atomic E-state index is 0.0228. The topological polar surface area (TPSA) is 117 Å². The van der Waals surface area contributed by atoms with Crippen molar-refractivity contribution in [3.05, 3.63) is 47.8 Å². The Bertz CT molecular complexity index is 1060. The van der Waals surface area contributed by atoms with Crippen LogP contribution in [0.2, 0.25) is 0 Å². The van der Waals surface area contributed by atoms with Crippen molar-refractivity contribution < 1.29 is 19.5 Å². The van der Waals surface area contributed by atoms with Crippen LogP contribution in [0.5, 0.6) is 0 Å². The van der Waals surface area contributed by atoms with Crippen molar-refractivity contribution in [2.75, 3.05) is 0 Å². The lowest BCUT2D eigenvalue weighted by Gasteiger charge is -2.47. The zero-order valence-electron chi connectivity index (χ0n) is 17.2. The number of hydrogen-bond donors (Lipinski definition) is 2. The molecule has 170 valence electrons. The van der Waals surface area contributed by atoms with Gasteiger partial charge in [0.15, 0.2) is 8.93 Å². The Balaban J connectivity index is 1.43. The second kappa shape index (κ2) is 8.45. The molecule has 1 aromatic carbocycles. The fraction of sp³-hybridized carbons (Fsp3) is 0.450. The van der Waals surface area contributed by atoms with E-state index in [0.717, 1.165) is 5.56 Å². The van der Waals surface area contributed by atoms with Crippen LogP contribution in [0.25, 0.3) is 0 Å². The number of hydrogen-bond acceptors (Lipinski definition) is 6. The smallest absolute Gasteiger partial charge is 0.326 e. The van der Waals surface area contributed by atoms with Crippen LogP contribution in [0.4, 0.5) is 0 Å². The fourth-order valence-electron chi connectivity index (χ4n) is 3.89. The fourth-order valence-corrected chi connectivity index (χ4v) is 6.83. The predicted molar refractivity (Wildman–Crippen MR) is 126 cm³/mol. The standard InChI is InChI=1S/C20H21Br2N5O4S/c1-19(2)14(27-17(31)20(21,22)18(27)32-19)10-26-9-13(24-25-26)15(28)23-12(16(29)30)8-11-6-4-3-5-7-11/h3-7,9,12,14,18H,8,10H2,1-2H3,(H,23,28)(H,29,30)/t12-,14-,18+/m0/s1. The van der Waals surface area contributed by atoms with E-state index in [4.69, 9.17) is 0 Å². The first-order valence-corrected chi connectivity index (χ1v) is 12.3. The maximum atomic E-state index is 12.6. The molecular formula is C20H21Br2N5O4S. The summed E-state index contributed by atoms with van der Waals surface area (Å²) in [4.78, 5) is 38.6. The van der Waals surface area contributed by atoms with Crippen molar-refractivity contribution in [2.45, 2.75) is 52.3 Å². The molecule has 0 spiro atoms. The molecule has 2 fully saturated rings. The Morgan fingerprint density at radius 1 is 1.28 bits per heavy atom. The van der Waals surface area contributed by atoms with E-state index in [2.05, 4.69) is 61.3 Å². The van der Waals surface area contributed by atoms with E-state index in [1.54, 1.807) is 23.9 Å². The summed E-state index contributed by atoms with van der Waals surface area (Å²) in [5.41, 5.74) is 0.822. The van der Waals surface area contributed by atoms with E-state index in [9.17, 15) is 19.5 Å². The number of nitrogens with zero attached hydrogens (tertiary/aromatic N) is 4. The highest BCUT2D eigenvalue weighted by molar-refractivity contribution is 9.26. The molecule has 0 saturated carbocycles. The first-order chi connectivity index (χ1) is 15.0. The monoisotopic (exact) mass is 585 g/mol. The minimum Gasteiger partial charge on any atom is -0.480 e. The number of carboxylic acid groups (broad SMARTS) is 1. The molecule has 2 N–H and O–H groups in total. The summed E-state index contributed by atoms with van der Waals surface area (Å²) in [5.74, 6) is -1.79. The van der Waals surface area contributed by atoms with Gasteiger partial charge in [0, 0.05) is 11.2 Å². The van der Waals surface area contributed by atoms with Gasteiger partial charge >= 0.3 is 5.97 Å². The zero-order chi connectivity index (χ0) is 23.3. The first-order valence-electron chi connectivity index (χ1n) is 9.87. The largest absolute Gasteiger partial charge is 0.480 e. The molecule has 2 aliphatic rings. The highest BCUT2D eigenvalue weighted by Gasteiger charge is 2.68. The summed E-state index contributed by atoms with van der Waals surface area (Å²) >= 11 is 8.59. The molecule has 2 saturated heterocycles. The van der Waals surface area contributed by atoms with Crippen molar-refractivity contribution in [2.24, 2.45) is 0 Å². The van der Waals surface area contributed by atoms with Crippen LogP contribution in [0.15, 0.2) is 36.5 Å². The first kappa shape index (κ1) is 23.2. The van der Waals surface area contributed by atoms with Crippen LogP contribution in [-0.4, -0.2) is 68.2 Å². The second-order valence-corrected chi connectivity index (χ2v) is 13.6. The predicted octanol–water partition coefficient (Wildman–Crippen LogP) is 2.25. The quantitative estimate of drug-likeness (QED) is 0.377. The lowest BCUT2D eigenvalue weighted by atomic mass is 9.98. The Labute approximate surface area is 205 Å². The van der Waals surface area contributed by atoms with Gasteiger partial charge in [-0.3, -0.25) is 9.59 Å². The van der Waals surface area contributed by atoms with E-state index in [1.165, 1.54) is 10.9 Å². The minimum atomic E-state index is -1.13. The van der Waals surface area contributed by atoms with Gasteiger partial charge in [0.2, 0.25) is 0 Å². The molecule has 1 aromatic heterocycles. The van der Waals surface area contributed by atoms with Gasteiger partial charge in [-0.25, -0.2) is 9.48 Å². The molecule has 4 rings (SSSR count). The van der Waals surface area contributed by atoms with Crippen molar-refractivity contribution in [1.82, 2.24) is 25.2 Å². The number of rotatable bonds is 7. The maximum absolute atomic E-state index is 12.6. The molecule has 2 aliphatic heterocycles. The number of aromatic nitrogens is 3. The molecule has 2 aromatic rings. The van der Waals surface area contributed by atoms with Gasteiger partial charge in [-0.05, 0) is 19.4 Å². The lowest BCUT2D eigenvalue weighted by molar-refractivity contribution is -0.144. The zero-order valence-corrected chi connectivity index (χ0v) is 21.2. The Morgan fingerprint density at radius 2 is 1.97 bits per heavy atom. The molecule has 32 heavy (non-hydrogen) atoms. The molecule has 3 heterocycles. The van der Waals surface area contributed by atoms with Crippen molar-refractivity contribution in [1.29, 1.82) is 0 Å².